The zero-order valence-electron chi connectivity index (χ0n) is 9.45. The Labute approximate surface area is 92.5 Å². The van der Waals surface area contributed by atoms with Crippen LogP contribution in [0.4, 0.5) is 5.69 Å². The summed E-state index contributed by atoms with van der Waals surface area (Å²) in [6.07, 6.45) is 0.877. The molecule has 0 aliphatic carbocycles. The van der Waals surface area contributed by atoms with Crippen LogP contribution in [0, 0.1) is 6.92 Å². The number of piperazine rings is 1. The summed E-state index contributed by atoms with van der Waals surface area (Å²) in [5, 5.41) is 0. The lowest BCUT2D eigenvalue weighted by molar-refractivity contribution is 0.312. The van der Waals surface area contributed by atoms with E-state index in [0.29, 0.717) is 0 Å². The van der Waals surface area contributed by atoms with Gasteiger partial charge in [-0.3, -0.25) is 0 Å². The Bertz CT molecular complexity index is 314. The van der Waals surface area contributed by atoms with Crippen molar-refractivity contribution >= 4 is 5.69 Å². The van der Waals surface area contributed by atoms with Gasteiger partial charge in [0.05, 0.1) is 0 Å². The Hall–Kier alpha value is -1.02. The van der Waals surface area contributed by atoms with Crippen LogP contribution in [0.3, 0.4) is 0 Å². The molecule has 81 valence electrons. The first-order chi connectivity index (χ1) is 7.31. The smallest absolute Gasteiger partial charge is 0.0399 e. The minimum Gasteiger partial charge on any atom is -0.369 e. The summed E-state index contributed by atoms with van der Waals surface area (Å²) in [4.78, 5) is 4.85. The molecule has 0 unspecified atom stereocenters. The fourth-order valence-electron chi connectivity index (χ4n) is 2.08. The predicted octanol–water partition coefficient (Wildman–Crippen LogP) is 1.81. The molecule has 2 rings (SSSR count). The molecular formula is C13H19N2. The number of hydrogen-bond donors (Lipinski definition) is 0. The maximum absolute atomic E-state index is 3.99. The van der Waals surface area contributed by atoms with Crippen molar-refractivity contribution in [2.75, 3.05) is 38.1 Å². The third-order valence-electron chi connectivity index (χ3n) is 3.10. The molecule has 0 aromatic heterocycles. The van der Waals surface area contributed by atoms with Gasteiger partial charge in [-0.25, -0.2) is 0 Å². The molecule has 0 saturated carbocycles. The monoisotopic (exact) mass is 203 g/mol. The quantitative estimate of drug-likeness (QED) is 0.723. The van der Waals surface area contributed by atoms with Crippen molar-refractivity contribution < 1.29 is 0 Å². The first-order valence-electron chi connectivity index (χ1n) is 5.62. The van der Waals surface area contributed by atoms with Crippen LogP contribution in [0.1, 0.15) is 5.56 Å². The highest BCUT2D eigenvalue weighted by Crippen LogP contribution is 2.21. The third kappa shape index (κ3) is 2.32. The molecule has 1 aliphatic rings. The lowest BCUT2D eigenvalue weighted by Gasteiger charge is -2.35. The maximum atomic E-state index is 3.99. The molecule has 2 heteroatoms. The van der Waals surface area contributed by atoms with Gasteiger partial charge in [-0.1, -0.05) is 18.2 Å². The number of anilines is 1. The number of rotatable bonds is 2. The molecule has 0 amide bonds. The number of benzene rings is 1. The lowest BCUT2D eigenvalue weighted by atomic mass is 10.1. The Morgan fingerprint density at radius 2 is 1.80 bits per heavy atom. The van der Waals surface area contributed by atoms with E-state index in [-0.39, 0.29) is 0 Å². The molecule has 0 spiro atoms. The van der Waals surface area contributed by atoms with Gasteiger partial charge in [0, 0.05) is 31.9 Å². The van der Waals surface area contributed by atoms with Crippen molar-refractivity contribution in [2.45, 2.75) is 6.42 Å². The normalized spacial score (nSPS) is 18.1. The highest BCUT2D eigenvalue weighted by molar-refractivity contribution is 5.54. The van der Waals surface area contributed by atoms with Crippen LogP contribution < -0.4 is 4.90 Å². The van der Waals surface area contributed by atoms with Gasteiger partial charge >= 0.3 is 0 Å². The zero-order chi connectivity index (χ0) is 10.7. The molecule has 1 aromatic carbocycles. The van der Waals surface area contributed by atoms with E-state index in [1.807, 2.05) is 0 Å². The second kappa shape index (κ2) is 4.67. The summed E-state index contributed by atoms with van der Waals surface area (Å²) < 4.78 is 0. The van der Waals surface area contributed by atoms with Crippen molar-refractivity contribution in [2.24, 2.45) is 0 Å². The molecular weight excluding hydrogens is 184 g/mol. The SMILES string of the molecule is [CH2]Cc1ccccc1N1CCN(C)CC1. The van der Waals surface area contributed by atoms with Crippen LogP contribution in [0.25, 0.3) is 0 Å². The average Bonchev–Trinajstić information content (AvgIpc) is 2.30. The molecule has 1 radical (unpaired) electrons. The number of hydrogen-bond acceptors (Lipinski definition) is 2. The molecule has 15 heavy (non-hydrogen) atoms. The van der Waals surface area contributed by atoms with E-state index in [1.54, 1.807) is 0 Å². The minimum absolute atomic E-state index is 0.877. The standard InChI is InChI=1S/C13H19N2/c1-3-12-6-4-5-7-13(12)15-10-8-14(2)9-11-15/h4-7H,1,3,8-11H2,2H3. The van der Waals surface area contributed by atoms with Gasteiger partial charge in [0.2, 0.25) is 0 Å². The van der Waals surface area contributed by atoms with E-state index >= 15 is 0 Å². The summed E-state index contributed by atoms with van der Waals surface area (Å²) in [6.45, 7) is 8.57. The van der Waals surface area contributed by atoms with Gasteiger partial charge in [-0.2, -0.15) is 0 Å². The average molecular weight is 203 g/mol. The fraction of sp³-hybridized carbons (Fsp3) is 0.462. The summed E-state index contributed by atoms with van der Waals surface area (Å²) in [6, 6.07) is 8.61. The van der Waals surface area contributed by atoms with E-state index in [2.05, 4.69) is 48.0 Å². The Balaban J connectivity index is 2.15. The summed E-state index contributed by atoms with van der Waals surface area (Å²) in [5.74, 6) is 0. The van der Waals surface area contributed by atoms with Gasteiger partial charge in [-0.05, 0) is 32.0 Å². The van der Waals surface area contributed by atoms with Crippen LogP contribution in [-0.4, -0.2) is 38.1 Å². The van der Waals surface area contributed by atoms with Gasteiger partial charge in [0.15, 0.2) is 0 Å². The van der Waals surface area contributed by atoms with Crippen LogP contribution in [0.2, 0.25) is 0 Å². The van der Waals surface area contributed by atoms with Crippen LogP contribution >= 0.6 is 0 Å². The van der Waals surface area contributed by atoms with Crippen molar-refractivity contribution in [1.29, 1.82) is 0 Å². The predicted molar refractivity (Wildman–Crippen MR) is 65.2 cm³/mol. The van der Waals surface area contributed by atoms with Crippen molar-refractivity contribution in [3.63, 3.8) is 0 Å². The highest BCUT2D eigenvalue weighted by Gasteiger charge is 2.15. The van der Waals surface area contributed by atoms with Gasteiger partial charge in [0.25, 0.3) is 0 Å². The first-order valence-corrected chi connectivity index (χ1v) is 5.62. The van der Waals surface area contributed by atoms with E-state index in [9.17, 15) is 0 Å². The van der Waals surface area contributed by atoms with E-state index in [0.717, 1.165) is 32.6 Å². The maximum Gasteiger partial charge on any atom is 0.0399 e. The fourth-order valence-corrected chi connectivity index (χ4v) is 2.08. The van der Waals surface area contributed by atoms with E-state index < -0.39 is 0 Å². The molecule has 2 nitrogen and oxygen atoms in total. The molecule has 1 aromatic rings. The Morgan fingerprint density at radius 3 is 2.47 bits per heavy atom. The number of likely N-dealkylation sites (N-methyl/N-ethyl adjacent to an activating group) is 1. The third-order valence-corrected chi connectivity index (χ3v) is 3.10. The van der Waals surface area contributed by atoms with Gasteiger partial charge < -0.3 is 9.80 Å². The highest BCUT2D eigenvalue weighted by atomic mass is 15.2. The van der Waals surface area contributed by atoms with E-state index in [1.165, 1.54) is 11.3 Å². The van der Waals surface area contributed by atoms with Gasteiger partial charge in [0.1, 0.15) is 0 Å². The first kappa shape index (κ1) is 10.5. The summed E-state index contributed by atoms with van der Waals surface area (Å²) in [5.41, 5.74) is 2.74. The Kier molecular flexibility index (Phi) is 3.27. The molecule has 1 saturated heterocycles. The van der Waals surface area contributed by atoms with Crippen molar-refractivity contribution in [1.82, 2.24) is 4.90 Å². The largest absolute Gasteiger partial charge is 0.369 e. The van der Waals surface area contributed by atoms with Crippen LogP contribution in [-0.2, 0) is 6.42 Å². The second-order valence-electron chi connectivity index (χ2n) is 4.17. The van der Waals surface area contributed by atoms with Crippen molar-refractivity contribution in [3.8, 4) is 0 Å². The molecule has 0 atom stereocenters. The number of para-hydroxylation sites is 1. The molecule has 0 bridgehead atoms. The zero-order valence-corrected chi connectivity index (χ0v) is 9.45. The summed E-state index contributed by atoms with van der Waals surface area (Å²) in [7, 11) is 2.19. The van der Waals surface area contributed by atoms with Crippen LogP contribution in [0.15, 0.2) is 24.3 Å². The minimum atomic E-state index is 0.877. The van der Waals surface area contributed by atoms with E-state index in [4.69, 9.17) is 0 Å². The topological polar surface area (TPSA) is 6.48 Å². The number of nitrogens with zero attached hydrogens (tertiary/aromatic N) is 2. The lowest BCUT2D eigenvalue weighted by Crippen LogP contribution is -2.44. The Morgan fingerprint density at radius 1 is 1.13 bits per heavy atom. The second-order valence-corrected chi connectivity index (χ2v) is 4.17. The molecule has 1 heterocycles. The molecule has 1 aliphatic heterocycles. The van der Waals surface area contributed by atoms with Crippen molar-refractivity contribution in [3.05, 3.63) is 36.8 Å². The summed E-state index contributed by atoms with van der Waals surface area (Å²) >= 11 is 0. The molecule has 1 fully saturated rings. The van der Waals surface area contributed by atoms with Gasteiger partial charge in [-0.15, -0.1) is 0 Å². The molecule has 0 N–H and O–H groups in total. The van der Waals surface area contributed by atoms with Crippen LogP contribution in [0.5, 0.6) is 0 Å².